The van der Waals surface area contributed by atoms with Crippen molar-refractivity contribution in [3.05, 3.63) is 77.1 Å². The highest BCUT2D eigenvalue weighted by molar-refractivity contribution is 6.00. The van der Waals surface area contributed by atoms with Crippen LogP contribution in [0.5, 0.6) is 5.75 Å². The Bertz CT molecular complexity index is 1410. The van der Waals surface area contributed by atoms with Crippen LogP contribution in [0.4, 0.5) is 19.3 Å². The quantitative estimate of drug-likeness (QED) is 0.528. The van der Waals surface area contributed by atoms with Gasteiger partial charge < -0.3 is 20.1 Å². The Balaban J connectivity index is 1.45. The molecular formula is C27H26F2N4O4. The van der Waals surface area contributed by atoms with Crippen molar-refractivity contribution in [3.8, 4) is 17.6 Å². The molecule has 3 aromatic rings. The molecule has 4 rings (SSSR count). The number of nitrogens with zero attached hydrogens (tertiary/aromatic N) is 3. The van der Waals surface area contributed by atoms with Gasteiger partial charge in [-0.2, -0.15) is 9.78 Å². The highest BCUT2D eigenvalue weighted by atomic mass is 19.1. The smallest absolute Gasteiger partial charge is 0.342 e. The minimum atomic E-state index is -0.991. The molecule has 0 bridgehead atoms. The third-order valence-corrected chi connectivity index (χ3v) is 5.85. The average molecular weight is 509 g/mol. The Morgan fingerprint density at radius 2 is 2.05 bits per heavy atom. The van der Waals surface area contributed by atoms with E-state index < -0.39 is 35.0 Å². The van der Waals surface area contributed by atoms with E-state index in [9.17, 15) is 23.5 Å². The van der Waals surface area contributed by atoms with Gasteiger partial charge in [0.1, 0.15) is 30.0 Å². The number of nitrogens with one attached hydrogen (secondary N) is 1. The van der Waals surface area contributed by atoms with Crippen LogP contribution in [-0.4, -0.2) is 53.1 Å². The van der Waals surface area contributed by atoms with Gasteiger partial charge in [-0.15, -0.1) is 0 Å². The molecule has 2 amide bonds. The monoisotopic (exact) mass is 508 g/mol. The first-order valence-electron chi connectivity index (χ1n) is 11.5. The van der Waals surface area contributed by atoms with Crippen LogP contribution in [0.1, 0.15) is 30.5 Å². The van der Waals surface area contributed by atoms with E-state index in [1.165, 1.54) is 23.4 Å². The zero-order chi connectivity index (χ0) is 26.7. The van der Waals surface area contributed by atoms with Gasteiger partial charge >= 0.3 is 6.03 Å². The van der Waals surface area contributed by atoms with Crippen molar-refractivity contribution in [2.45, 2.75) is 26.3 Å². The lowest BCUT2D eigenvalue weighted by molar-refractivity contribution is -0.120. The molecule has 1 aliphatic heterocycles. The number of fused-ring (bicyclic) bond motifs is 1. The second kappa shape index (κ2) is 10.4. The van der Waals surface area contributed by atoms with E-state index in [0.717, 1.165) is 16.8 Å². The van der Waals surface area contributed by atoms with Gasteiger partial charge in [-0.1, -0.05) is 17.9 Å². The van der Waals surface area contributed by atoms with Crippen LogP contribution in [-0.2, 0) is 11.2 Å². The van der Waals surface area contributed by atoms with Gasteiger partial charge in [0.15, 0.2) is 0 Å². The molecule has 0 saturated carbocycles. The number of carbonyl (C=O) groups excluding carboxylic acids is 2. The standard InChI is InChI=1S/C27H26F2N4O4/c1-27(2,16-34)9-8-17-4-7-24-23(11-17)32(3)25(35)22(15-37-24)31-26(36)33-14-18(13-30-33)10-19-5-6-20(28)12-21(19)29/h4-7,11-14,22,34H,10,15-16H2,1-3H3,(H,31,36)/t22-/m0/s1. The summed E-state index contributed by atoms with van der Waals surface area (Å²) in [7, 11) is 1.58. The lowest BCUT2D eigenvalue weighted by Gasteiger charge is -2.20. The number of likely N-dealkylation sites (N-methyl/N-ethyl adjacent to an activating group) is 1. The summed E-state index contributed by atoms with van der Waals surface area (Å²) in [5.41, 5.74) is 1.37. The first kappa shape index (κ1) is 25.9. The molecule has 1 aromatic heterocycles. The van der Waals surface area contributed by atoms with E-state index in [0.29, 0.717) is 22.6 Å². The lowest BCUT2D eigenvalue weighted by Crippen LogP contribution is -2.50. The van der Waals surface area contributed by atoms with Crippen molar-refractivity contribution in [3.63, 3.8) is 0 Å². The summed E-state index contributed by atoms with van der Waals surface area (Å²) in [6.45, 7) is 3.45. The van der Waals surface area contributed by atoms with Gasteiger partial charge in [-0.05, 0) is 49.2 Å². The number of anilines is 1. The van der Waals surface area contributed by atoms with E-state index in [-0.39, 0.29) is 25.2 Å². The maximum atomic E-state index is 14.0. The molecule has 0 radical (unpaired) electrons. The maximum Gasteiger partial charge on any atom is 0.342 e. The van der Waals surface area contributed by atoms with Gasteiger partial charge in [0, 0.05) is 36.7 Å². The number of benzene rings is 2. The van der Waals surface area contributed by atoms with Gasteiger partial charge in [-0.3, -0.25) is 4.79 Å². The zero-order valence-corrected chi connectivity index (χ0v) is 20.6. The van der Waals surface area contributed by atoms with E-state index in [1.54, 1.807) is 25.2 Å². The van der Waals surface area contributed by atoms with Crippen LogP contribution >= 0.6 is 0 Å². The van der Waals surface area contributed by atoms with Gasteiger partial charge in [0.2, 0.25) is 0 Å². The van der Waals surface area contributed by atoms with Crippen LogP contribution in [0.3, 0.4) is 0 Å². The number of carbonyl (C=O) groups is 2. The van der Waals surface area contributed by atoms with Crippen molar-refractivity contribution < 1.29 is 28.2 Å². The molecule has 2 N–H and O–H groups in total. The van der Waals surface area contributed by atoms with Gasteiger partial charge in [-0.25, -0.2) is 13.6 Å². The van der Waals surface area contributed by atoms with Crippen molar-refractivity contribution in [1.29, 1.82) is 0 Å². The van der Waals surface area contributed by atoms with Crippen LogP contribution in [0.15, 0.2) is 48.8 Å². The molecule has 1 atom stereocenters. The van der Waals surface area contributed by atoms with Gasteiger partial charge in [0.05, 0.1) is 18.5 Å². The number of hydrogen-bond donors (Lipinski definition) is 2. The van der Waals surface area contributed by atoms with Crippen molar-refractivity contribution >= 4 is 17.6 Å². The Morgan fingerprint density at radius 1 is 1.27 bits per heavy atom. The molecule has 0 spiro atoms. The molecule has 10 heteroatoms. The number of amides is 2. The summed E-state index contributed by atoms with van der Waals surface area (Å²) in [5.74, 6) is 4.71. The highest BCUT2D eigenvalue weighted by Gasteiger charge is 2.31. The maximum absolute atomic E-state index is 14.0. The Hall–Kier alpha value is -4.23. The lowest BCUT2D eigenvalue weighted by atomic mass is 9.95. The zero-order valence-electron chi connectivity index (χ0n) is 20.6. The summed E-state index contributed by atoms with van der Waals surface area (Å²) >= 11 is 0. The fraction of sp³-hybridized carbons (Fsp3) is 0.296. The fourth-order valence-corrected chi connectivity index (χ4v) is 3.62. The average Bonchev–Trinajstić information content (AvgIpc) is 3.31. The molecule has 0 fully saturated rings. The molecule has 1 aliphatic rings. The predicted molar refractivity (Wildman–Crippen MR) is 132 cm³/mol. The number of rotatable bonds is 4. The molecule has 8 nitrogen and oxygen atoms in total. The number of halogens is 2. The number of aliphatic hydroxyl groups is 1. The molecule has 192 valence electrons. The second-order valence-corrected chi connectivity index (χ2v) is 9.39. The minimum absolute atomic E-state index is 0.0886. The third-order valence-electron chi connectivity index (χ3n) is 5.85. The summed E-state index contributed by atoms with van der Waals surface area (Å²) in [4.78, 5) is 27.3. The normalized spacial score (nSPS) is 15.2. The van der Waals surface area contributed by atoms with E-state index in [2.05, 4.69) is 22.3 Å². The Kier molecular flexibility index (Phi) is 7.27. The first-order chi connectivity index (χ1) is 17.6. The number of hydrogen-bond acceptors (Lipinski definition) is 5. The fourth-order valence-electron chi connectivity index (χ4n) is 3.62. The van der Waals surface area contributed by atoms with Crippen molar-refractivity contribution in [2.24, 2.45) is 5.41 Å². The summed E-state index contributed by atoms with van der Waals surface area (Å²) in [6, 6.07) is 6.81. The van der Waals surface area contributed by atoms with Crippen LogP contribution in [0.2, 0.25) is 0 Å². The molecule has 2 aromatic carbocycles. The minimum Gasteiger partial charge on any atom is -0.489 e. The molecular weight excluding hydrogens is 482 g/mol. The van der Waals surface area contributed by atoms with Crippen LogP contribution < -0.4 is 15.0 Å². The van der Waals surface area contributed by atoms with Crippen molar-refractivity contribution in [1.82, 2.24) is 15.1 Å². The van der Waals surface area contributed by atoms with E-state index in [4.69, 9.17) is 4.74 Å². The van der Waals surface area contributed by atoms with Crippen LogP contribution in [0.25, 0.3) is 0 Å². The van der Waals surface area contributed by atoms with Crippen molar-refractivity contribution in [2.75, 3.05) is 25.2 Å². The molecule has 2 heterocycles. The molecule has 0 aliphatic carbocycles. The summed E-state index contributed by atoms with van der Waals surface area (Å²) in [6.07, 6.45) is 2.93. The molecule has 37 heavy (non-hydrogen) atoms. The summed E-state index contributed by atoms with van der Waals surface area (Å²) < 4.78 is 33.9. The predicted octanol–water partition coefficient (Wildman–Crippen LogP) is 3.10. The summed E-state index contributed by atoms with van der Waals surface area (Å²) in [5, 5.41) is 16.0. The van der Waals surface area contributed by atoms with Gasteiger partial charge in [0.25, 0.3) is 5.91 Å². The number of aliphatic hydroxyl groups excluding tert-OH is 1. The Morgan fingerprint density at radius 3 is 2.78 bits per heavy atom. The van der Waals surface area contributed by atoms with E-state index in [1.807, 2.05) is 13.8 Å². The number of ether oxygens (including phenoxy) is 1. The highest BCUT2D eigenvalue weighted by Crippen LogP contribution is 2.31. The Labute approximate surface area is 212 Å². The second-order valence-electron chi connectivity index (χ2n) is 9.39. The topological polar surface area (TPSA) is 96.7 Å². The number of aromatic nitrogens is 2. The van der Waals surface area contributed by atoms with Crippen LogP contribution in [0, 0.1) is 28.9 Å². The largest absolute Gasteiger partial charge is 0.489 e. The van der Waals surface area contributed by atoms with E-state index >= 15 is 0 Å². The third kappa shape index (κ3) is 5.95. The first-order valence-corrected chi connectivity index (χ1v) is 11.5. The molecule has 0 saturated heterocycles. The molecule has 0 unspecified atom stereocenters. The SMILES string of the molecule is CN1C(=O)[C@@H](NC(=O)n2cc(Cc3ccc(F)cc3F)cn2)COc2ccc(C#CC(C)(C)CO)cc21.